The van der Waals surface area contributed by atoms with Crippen LogP contribution in [0.2, 0.25) is 0 Å². The van der Waals surface area contributed by atoms with Crippen LogP contribution in [0.25, 0.3) is 0 Å². The lowest BCUT2D eigenvalue weighted by Gasteiger charge is -2.19. The summed E-state index contributed by atoms with van der Waals surface area (Å²) in [6.07, 6.45) is 1.05. The molecule has 2 aromatic rings. The molecule has 0 aromatic heterocycles. The first-order chi connectivity index (χ1) is 11.2. The summed E-state index contributed by atoms with van der Waals surface area (Å²) in [6, 6.07) is 16.8. The molecule has 0 unspecified atom stereocenters. The van der Waals surface area contributed by atoms with Crippen LogP contribution in [0, 0.1) is 23.2 Å². The highest BCUT2D eigenvalue weighted by Gasteiger charge is 2.04. The fourth-order valence-electron chi connectivity index (χ4n) is 2.36. The predicted octanol–water partition coefficient (Wildman–Crippen LogP) is 3.53. The molecule has 2 aromatic carbocycles. The SMILES string of the molecule is CCCN(CC#Cc1cccc(C#N)c1)Cc1cccc(O)c1. The number of phenols is 1. The van der Waals surface area contributed by atoms with Gasteiger partial charge in [0.25, 0.3) is 0 Å². The van der Waals surface area contributed by atoms with E-state index in [1.165, 1.54) is 0 Å². The van der Waals surface area contributed by atoms with Gasteiger partial charge in [-0.2, -0.15) is 5.26 Å². The van der Waals surface area contributed by atoms with Gasteiger partial charge in [0.1, 0.15) is 5.75 Å². The Hall–Kier alpha value is -2.75. The van der Waals surface area contributed by atoms with Crippen LogP contribution in [0.1, 0.15) is 30.0 Å². The first-order valence-corrected chi connectivity index (χ1v) is 7.70. The fraction of sp³-hybridized carbons (Fsp3) is 0.250. The van der Waals surface area contributed by atoms with Crippen molar-refractivity contribution in [1.29, 1.82) is 5.26 Å². The Morgan fingerprint density at radius 3 is 2.61 bits per heavy atom. The Morgan fingerprint density at radius 2 is 1.87 bits per heavy atom. The van der Waals surface area contributed by atoms with Crippen molar-refractivity contribution in [2.75, 3.05) is 13.1 Å². The van der Waals surface area contributed by atoms with Crippen molar-refractivity contribution >= 4 is 0 Å². The van der Waals surface area contributed by atoms with Gasteiger partial charge in [0.2, 0.25) is 0 Å². The standard InChI is InChI=1S/C20H20N2O/c1-2-11-22(16-19-8-4-10-20(23)14-19)12-5-9-17-6-3-7-18(13-17)15-21/h3-4,6-8,10,13-14,23H,2,11-12,16H2,1H3. The fourth-order valence-corrected chi connectivity index (χ4v) is 2.36. The zero-order valence-corrected chi connectivity index (χ0v) is 13.3. The zero-order valence-electron chi connectivity index (χ0n) is 13.3. The number of phenolic OH excluding ortho intramolecular Hbond substituents is 1. The highest BCUT2D eigenvalue weighted by molar-refractivity contribution is 5.41. The van der Waals surface area contributed by atoms with Crippen molar-refractivity contribution < 1.29 is 5.11 Å². The topological polar surface area (TPSA) is 47.3 Å². The zero-order chi connectivity index (χ0) is 16.5. The van der Waals surface area contributed by atoms with E-state index in [1.54, 1.807) is 24.3 Å². The normalized spacial score (nSPS) is 9.96. The number of hydrogen-bond donors (Lipinski definition) is 1. The van der Waals surface area contributed by atoms with E-state index >= 15 is 0 Å². The molecule has 2 rings (SSSR count). The molecule has 0 saturated carbocycles. The lowest BCUT2D eigenvalue weighted by atomic mass is 10.1. The van der Waals surface area contributed by atoms with Crippen LogP contribution in [0.3, 0.4) is 0 Å². The number of benzene rings is 2. The van der Waals surface area contributed by atoms with Crippen molar-refractivity contribution in [2.24, 2.45) is 0 Å². The first-order valence-electron chi connectivity index (χ1n) is 7.70. The lowest BCUT2D eigenvalue weighted by Crippen LogP contribution is -2.24. The van der Waals surface area contributed by atoms with E-state index in [4.69, 9.17) is 5.26 Å². The second-order valence-corrected chi connectivity index (χ2v) is 5.37. The van der Waals surface area contributed by atoms with E-state index in [2.05, 4.69) is 29.7 Å². The number of rotatable bonds is 5. The Kier molecular flexibility index (Phi) is 6.24. The van der Waals surface area contributed by atoms with Crippen LogP contribution in [0.5, 0.6) is 5.75 Å². The maximum absolute atomic E-state index is 9.56. The minimum Gasteiger partial charge on any atom is -0.508 e. The van der Waals surface area contributed by atoms with Crippen molar-refractivity contribution in [1.82, 2.24) is 4.90 Å². The van der Waals surface area contributed by atoms with E-state index in [-0.39, 0.29) is 0 Å². The average molecular weight is 304 g/mol. The van der Waals surface area contributed by atoms with Crippen LogP contribution in [0.4, 0.5) is 0 Å². The first kappa shape index (κ1) is 16.6. The van der Waals surface area contributed by atoms with Crippen LogP contribution in [-0.4, -0.2) is 23.1 Å². The van der Waals surface area contributed by atoms with Gasteiger partial charge in [0.15, 0.2) is 0 Å². The lowest BCUT2D eigenvalue weighted by molar-refractivity contribution is 0.299. The minimum atomic E-state index is 0.290. The third-order valence-electron chi connectivity index (χ3n) is 3.38. The molecule has 3 heteroatoms. The van der Waals surface area contributed by atoms with E-state index < -0.39 is 0 Å². The van der Waals surface area contributed by atoms with Crippen LogP contribution in [0.15, 0.2) is 48.5 Å². The Bertz CT molecular complexity index is 750. The maximum Gasteiger partial charge on any atom is 0.115 e. The van der Waals surface area contributed by atoms with Crippen molar-refractivity contribution in [3.05, 3.63) is 65.2 Å². The summed E-state index contributed by atoms with van der Waals surface area (Å²) in [5, 5.41) is 18.5. The summed E-state index contributed by atoms with van der Waals surface area (Å²) in [4.78, 5) is 2.25. The monoisotopic (exact) mass is 304 g/mol. The highest BCUT2D eigenvalue weighted by Crippen LogP contribution is 2.13. The van der Waals surface area contributed by atoms with Gasteiger partial charge in [-0.15, -0.1) is 0 Å². The highest BCUT2D eigenvalue weighted by atomic mass is 16.3. The van der Waals surface area contributed by atoms with Gasteiger partial charge in [-0.3, -0.25) is 4.90 Å². The van der Waals surface area contributed by atoms with Gasteiger partial charge in [-0.1, -0.05) is 37.0 Å². The second kappa shape index (κ2) is 8.63. The number of aromatic hydroxyl groups is 1. The molecule has 1 N–H and O–H groups in total. The van der Waals surface area contributed by atoms with Crippen molar-refractivity contribution in [2.45, 2.75) is 19.9 Å². The minimum absolute atomic E-state index is 0.290. The predicted molar refractivity (Wildman–Crippen MR) is 91.7 cm³/mol. The summed E-state index contributed by atoms with van der Waals surface area (Å²) in [5.74, 6) is 6.58. The second-order valence-electron chi connectivity index (χ2n) is 5.37. The molecule has 0 aliphatic carbocycles. The van der Waals surface area contributed by atoms with Gasteiger partial charge < -0.3 is 5.11 Å². The molecular formula is C20H20N2O. The molecule has 3 nitrogen and oxygen atoms in total. The van der Waals surface area contributed by atoms with Gasteiger partial charge >= 0.3 is 0 Å². The van der Waals surface area contributed by atoms with E-state index in [1.807, 2.05) is 24.3 Å². The molecular weight excluding hydrogens is 284 g/mol. The third-order valence-corrected chi connectivity index (χ3v) is 3.38. The average Bonchev–Trinajstić information content (AvgIpc) is 2.55. The number of nitriles is 1. The molecule has 0 spiro atoms. The van der Waals surface area contributed by atoms with Gasteiger partial charge in [-0.25, -0.2) is 0 Å². The van der Waals surface area contributed by atoms with E-state index in [9.17, 15) is 5.11 Å². The Morgan fingerprint density at radius 1 is 1.09 bits per heavy atom. The molecule has 0 heterocycles. The van der Waals surface area contributed by atoms with Crippen LogP contribution < -0.4 is 0 Å². The molecule has 0 bridgehead atoms. The van der Waals surface area contributed by atoms with Gasteiger partial charge in [0.05, 0.1) is 18.2 Å². The summed E-state index contributed by atoms with van der Waals surface area (Å²) in [5.41, 5.74) is 2.56. The number of hydrogen-bond acceptors (Lipinski definition) is 3. The smallest absolute Gasteiger partial charge is 0.115 e. The molecule has 23 heavy (non-hydrogen) atoms. The van der Waals surface area contributed by atoms with Gasteiger partial charge in [-0.05, 0) is 48.9 Å². The van der Waals surface area contributed by atoms with Crippen LogP contribution in [-0.2, 0) is 6.54 Å². The summed E-state index contributed by atoms with van der Waals surface area (Å²) in [6.45, 7) is 4.50. The summed E-state index contributed by atoms with van der Waals surface area (Å²) < 4.78 is 0. The summed E-state index contributed by atoms with van der Waals surface area (Å²) in [7, 11) is 0. The molecule has 0 aliphatic rings. The van der Waals surface area contributed by atoms with E-state index in [0.29, 0.717) is 17.9 Å². The molecule has 0 atom stereocenters. The van der Waals surface area contributed by atoms with Crippen LogP contribution >= 0.6 is 0 Å². The quantitative estimate of drug-likeness (QED) is 0.860. The maximum atomic E-state index is 9.56. The van der Waals surface area contributed by atoms with Crippen molar-refractivity contribution in [3.8, 4) is 23.7 Å². The summed E-state index contributed by atoms with van der Waals surface area (Å²) >= 11 is 0. The largest absolute Gasteiger partial charge is 0.508 e. The third kappa shape index (κ3) is 5.51. The van der Waals surface area contributed by atoms with E-state index in [0.717, 1.165) is 30.6 Å². The van der Waals surface area contributed by atoms with Crippen molar-refractivity contribution in [3.63, 3.8) is 0 Å². The Balaban J connectivity index is 2.02. The molecule has 0 saturated heterocycles. The van der Waals surface area contributed by atoms with Gasteiger partial charge in [0, 0.05) is 12.1 Å². The molecule has 0 radical (unpaired) electrons. The Labute approximate surface area is 137 Å². The molecule has 0 amide bonds. The molecule has 116 valence electrons. The molecule has 0 aliphatic heterocycles. The molecule has 0 fully saturated rings. The number of nitrogens with zero attached hydrogens (tertiary/aromatic N) is 2.